The summed E-state index contributed by atoms with van der Waals surface area (Å²) >= 11 is 0. The van der Waals surface area contributed by atoms with Crippen molar-refractivity contribution in [3.8, 4) is 0 Å². The quantitative estimate of drug-likeness (QED) is 0.476. The smallest absolute Gasteiger partial charge is 1.00 e. The van der Waals surface area contributed by atoms with Gasteiger partial charge in [-0.1, -0.05) is 0 Å². The van der Waals surface area contributed by atoms with Gasteiger partial charge in [0.05, 0.1) is 0 Å². The number of rotatable bonds is 4. The third-order valence-electron chi connectivity index (χ3n) is 3.03. The van der Waals surface area contributed by atoms with Crippen LogP contribution in [0.1, 0.15) is 26.7 Å². The molecule has 2 nitrogen and oxygen atoms in total. The molecule has 2 rings (SSSR count). The van der Waals surface area contributed by atoms with Crippen molar-refractivity contribution in [2.24, 2.45) is 0 Å². The molecule has 2 aliphatic rings. The van der Waals surface area contributed by atoms with Crippen LogP contribution in [0.5, 0.6) is 0 Å². The topological polar surface area (TPSA) is 18.5 Å². The molecule has 2 atom stereocenters. The molecule has 116 valence electrons. The molecule has 21 heavy (non-hydrogen) atoms. The molecule has 0 radical (unpaired) electrons. The van der Waals surface area contributed by atoms with Gasteiger partial charge in [0.25, 0.3) is 0 Å². The van der Waals surface area contributed by atoms with Gasteiger partial charge in [0.15, 0.2) is 0 Å². The van der Waals surface area contributed by atoms with Crippen LogP contribution in [0.4, 0.5) is 0 Å². The van der Waals surface area contributed by atoms with Crippen molar-refractivity contribution >= 4 is 0 Å². The fourth-order valence-corrected chi connectivity index (χ4v) is 1.66. The number of hydrogen-bond donors (Lipinski definition) is 0. The van der Waals surface area contributed by atoms with Crippen molar-refractivity contribution in [2.75, 3.05) is 14.2 Å². The molecule has 0 spiro atoms. The van der Waals surface area contributed by atoms with Gasteiger partial charge in [-0.15, -0.1) is 12.8 Å². The minimum atomic E-state index is 0. The first kappa shape index (κ1) is 26.3. The number of allylic oxidation sites excluding steroid dienone is 4. The van der Waals surface area contributed by atoms with Crippen molar-refractivity contribution < 1.29 is 60.5 Å². The van der Waals surface area contributed by atoms with E-state index >= 15 is 0 Å². The van der Waals surface area contributed by atoms with Crippen LogP contribution in [0.3, 0.4) is 0 Å². The Hall–Kier alpha value is 0.343. The molecule has 0 amide bonds. The molecule has 0 aromatic heterocycles. The molecule has 0 aromatic carbocycles. The van der Waals surface area contributed by atoms with E-state index < -0.39 is 0 Å². The summed E-state index contributed by atoms with van der Waals surface area (Å²) in [6.45, 7) is 4.05. The predicted octanol–water partition coefficient (Wildman–Crippen LogP) is -2.57. The summed E-state index contributed by atoms with van der Waals surface area (Å²) in [5.41, 5.74) is 2.36. The van der Waals surface area contributed by atoms with E-state index in [-0.39, 0.29) is 63.2 Å². The Morgan fingerprint density at radius 1 is 0.857 bits per heavy atom. The molecule has 0 heterocycles. The van der Waals surface area contributed by atoms with E-state index in [0.717, 1.165) is 12.8 Å². The second-order valence-corrected chi connectivity index (χ2v) is 4.23. The standard InChI is InChI=1S/2C8H11O.2ClH.Zr/c2*1-7(9-2)8-5-3-4-6-8;;;/h2*3,5,7H,4H2,1-2H3;2*1H;/q2*-1;;;+4/p-2. The van der Waals surface area contributed by atoms with Gasteiger partial charge in [0.2, 0.25) is 0 Å². The van der Waals surface area contributed by atoms with E-state index in [4.69, 9.17) is 9.47 Å². The van der Waals surface area contributed by atoms with E-state index in [1.54, 1.807) is 14.2 Å². The van der Waals surface area contributed by atoms with Gasteiger partial charge in [-0.25, -0.2) is 12.2 Å². The zero-order chi connectivity index (χ0) is 13.4. The van der Waals surface area contributed by atoms with Crippen LogP contribution in [-0.4, -0.2) is 26.4 Å². The van der Waals surface area contributed by atoms with Crippen LogP contribution in [-0.2, 0) is 35.7 Å². The Morgan fingerprint density at radius 3 is 1.38 bits per heavy atom. The summed E-state index contributed by atoms with van der Waals surface area (Å²) in [5.74, 6) is 0. The zero-order valence-corrected chi connectivity index (χ0v) is 16.9. The Morgan fingerprint density at radius 2 is 1.19 bits per heavy atom. The first-order valence-corrected chi connectivity index (χ1v) is 6.29. The maximum atomic E-state index is 5.08. The predicted molar refractivity (Wildman–Crippen MR) is 74.0 cm³/mol. The van der Waals surface area contributed by atoms with Crippen molar-refractivity contribution in [3.63, 3.8) is 0 Å². The van der Waals surface area contributed by atoms with Crippen molar-refractivity contribution in [2.45, 2.75) is 38.9 Å². The average molecular weight is 408 g/mol. The molecule has 0 aliphatic heterocycles. The SMILES string of the molecule is COC(C)C1=[C-]CC=C1.COC(C)C1=[C-]CC=C1.[Cl-].[Cl-].[Zr+4]. The van der Waals surface area contributed by atoms with Crippen LogP contribution in [0.15, 0.2) is 35.5 Å². The first-order valence-electron chi connectivity index (χ1n) is 6.29. The fraction of sp³-hybridized carbons (Fsp3) is 0.500. The molecule has 0 saturated carbocycles. The van der Waals surface area contributed by atoms with E-state index in [9.17, 15) is 0 Å². The summed E-state index contributed by atoms with van der Waals surface area (Å²) in [4.78, 5) is 0. The number of hydrogen-bond acceptors (Lipinski definition) is 2. The summed E-state index contributed by atoms with van der Waals surface area (Å²) < 4.78 is 10.2. The third-order valence-corrected chi connectivity index (χ3v) is 3.03. The van der Waals surface area contributed by atoms with Gasteiger partial charge in [0, 0.05) is 26.4 Å². The molecule has 0 fully saturated rings. The van der Waals surface area contributed by atoms with Gasteiger partial charge < -0.3 is 34.3 Å². The molecular weight excluding hydrogens is 386 g/mol. The molecular formula is C16H22Cl2O2Zr. The summed E-state index contributed by atoms with van der Waals surface area (Å²) in [6.07, 6.45) is 17.0. The Labute approximate surface area is 160 Å². The monoisotopic (exact) mass is 406 g/mol. The Bertz CT molecular complexity index is 340. The molecule has 0 bridgehead atoms. The Balaban J connectivity index is -0.000000270. The number of halogens is 2. The van der Waals surface area contributed by atoms with E-state index in [1.165, 1.54) is 11.1 Å². The van der Waals surface area contributed by atoms with Crippen LogP contribution < -0.4 is 24.8 Å². The van der Waals surface area contributed by atoms with Gasteiger partial charge in [-0.3, -0.25) is 12.2 Å². The number of methoxy groups -OCH3 is 2. The van der Waals surface area contributed by atoms with Crippen LogP contribution in [0.2, 0.25) is 0 Å². The summed E-state index contributed by atoms with van der Waals surface area (Å²) in [6, 6.07) is 0. The average Bonchev–Trinajstić information content (AvgIpc) is 3.09. The minimum absolute atomic E-state index is 0. The van der Waals surface area contributed by atoms with E-state index in [2.05, 4.69) is 36.5 Å². The molecule has 0 N–H and O–H groups in total. The molecule has 2 aliphatic carbocycles. The molecule has 0 aromatic rings. The van der Waals surface area contributed by atoms with E-state index in [0.29, 0.717) is 0 Å². The normalized spacial score (nSPS) is 17.1. The number of ether oxygens (including phenoxy) is 2. The summed E-state index contributed by atoms with van der Waals surface area (Å²) in [7, 11) is 3.43. The fourth-order valence-electron chi connectivity index (χ4n) is 1.66. The maximum absolute atomic E-state index is 5.08. The minimum Gasteiger partial charge on any atom is -1.00 e. The largest absolute Gasteiger partial charge is 4.00 e. The molecule has 2 unspecified atom stereocenters. The van der Waals surface area contributed by atoms with Crippen molar-refractivity contribution in [1.82, 2.24) is 0 Å². The third kappa shape index (κ3) is 9.86. The van der Waals surface area contributed by atoms with Crippen LogP contribution >= 0.6 is 0 Å². The van der Waals surface area contributed by atoms with Gasteiger partial charge >= 0.3 is 26.2 Å². The maximum Gasteiger partial charge on any atom is 4.00 e. The van der Waals surface area contributed by atoms with Gasteiger partial charge in [-0.2, -0.15) is 23.3 Å². The second kappa shape index (κ2) is 15.2. The summed E-state index contributed by atoms with van der Waals surface area (Å²) in [5, 5.41) is 0. The first-order chi connectivity index (χ1) is 8.69. The van der Waals surface area contributed by atoms with Crippen LogP contribution in [0, 0.1) is 12.2 Å². The zero-order valence-electron chi connectivity index (χ0n) is 13.0. The van der Waals surface area contributed by atoms with Gasteiger partial charge in [-0.05, 0) is 13.8 Å². The van der Waals surface area contributed by atoms with Crippen molar-refractivity contribution in [3.05, 3.63) is 47.6 Å². The Kier molecular flexibility index (Phi) is 19.1. The van der Waals surface area contributed by atoms with Gasteiger partial charge in [0.1, 0.15) is 0 Å². The van der Waals surface area contributed by atoms with E-state index in [1.807, 2.05) is 13.8 Å². The second-order valence-electron chi connectivity index (χ2n) is 4.23. The molecule has 0 saturated heterocycles. The van der Waals surface area contributed by atoms with Crippen molar-refractivity contribution in [1.29, 1.82) is 0 Å². The van der Waals surface area contributed by atoms with Crippen LogP contribution in [0.25, 0.3) is 0 Å². The molecule has 5 heteroatoms.